The van der Waals surface area contributed by atoms with Crippen LogP contribution in [0, 0.1) is 13.8 Å². The maximum Gasteiger partial charge on any atom is 0.308 e. The zero-order chi connectivity index (χ0) is 19.0. The van der Waals surface area contributed by atoms with E-state index in [1.807, 2.05) is 13.0 Å². The first-order valence-corrected chi connectivity index (χ1v) is 7.55. The van der Waals surface area contributed by atoms with Crippen molar-refractivity contribution in [3.05, 3.63) is 47.5 Å². The summed E-state index contributed by atoms with van der Waals surface area (Å²) in [7, 11) is 1.58. The van der Waals surface area contributed by atoms with E-state index in [2.05, 4.69) is 0 Å². The first-order valence-electron chi connectivity index (χ1n) is 7.55. The first kappa shape index (κ1) is 20.0. The molecule has 0 aliphatic heterocycles. The van der Waals surface area contributed by atoms with Gasteiger partial charge in [-0.1, -0.05) is 12.1 Å². The van der Waals surface area contributed by atoms with Crippen molar-refractivity contribution < 1.29 is 28.9 Å². The largest absolute Gasteiger partial charge is 0.508 e. The minimum absolute atomic E-state index is 0.133. The molecule has 25 heavy (non-hydrogen) atoms. The molecule has 1 N–H and O–H groups in total. The number of carbonyl (C=O) groups is 2. The smallest absolute Gasteiger partial charge is 0.308 e. The Morgan fingerprint density at radius 1 is 0.800 bits per heavy atom. The topological polar surface area (TPSA) is 82.1 Å². The molecule has 0 radical (unpaired) electrons. The lowest BCUT2D eigenvalue weighted by molar-refractivity contribution is -0.132. The van der Waals surface area contributed by atoms with Crippen molar-refractivity contribution in [2.45, 2.75) is 27.7 Å². The Labute approximate surface area is 147 Å². The minimum Gasteiger partial charge on any atom is -0.508 e. The monoisotopic (exact) mass is 346 g/mol. The molecule has 0 aromatic heterocycles. The molecule has 6 nitrogen and oxygen atoms in total. The predicted octanol–water partition coefficient (Wildman–Crippen LogP) is 3.55. The molecule has 0 saturated heterocycles. The Kier molecular flexibility index (Phi) is 7.46. The van der Waals surface area contributed by atoms with Crippen molar-refractivity contribution in [2.24, 2.45) is 0 Å². The number of ether oxygens (including phenoxy) is 3. The quantitative estimate of drug-likeness (QED) is 0.676. The number of hydrogen-bond donors (Lipinski definition) is 1. The van der Waals surface area contributed by atoms with Crippen LogP contribution in [0.5, 0.6) is 23.0 Å². The van der Waals surface area contributed by atoms with Gasteiger partial charge >= 0.3 is 11.9 Å². The van der Waals surface area contributed by atoms with Gasteiger partial charge in [0.25, 0.3) is 0 Å². The van der Waals surface area contributed by atoms with Crippen LogP contribution in [0.15, 0.2) is 36.4 Å². The Bertz CT molecular complexity index is 752. The summed E-state index contributed by atoms with van der Waals surface area (Å²) >= 11 is 0. The zero-order valence-corrected chi connectivity index (χ0v) is 15.0. The molecule has 0 unspecified atom stereocenters. The number of esters is 2. The van der Waals surface area contributed by atoms with Crippen molar-refractivity contribution in [2.75, 3.05) is 7.11 Å². The van der Waals surface area contributed by atoms with Gasteiger partial charge in [0.15, 0.2) is 0 Å². The van der Waals surface area contributed by atoms with E-state index in [1.54, 1.807) is 44.4 Å². The number of hydrogen-bond acceptors (Lipinski definition) is 6. The molecule has 134 valence electrons. The van der Waals surface area contributed by atoms with Crippen molar-refractivity contribution in [1.82, 2.24) is 0 Å². The molecule has 0 amide bonds. The molecule has 0 spiro atoms. The van der Waals surface area contributed by atoms with Crippen LogP contribution in [0.1, 0.15) is 25.0 Å². The van der Waals surface area contributed by atoms with Crippen LogP contribution >= 0.6 is 0 Å². The number of methoxy groups -OCH3 is 1. The second-order valence-corrected chi connectivity index (χ2v) is 5.17. The second-order valence-electron chi connectivity index (χ2n) is 5.17. The Morgan fingerprint density at radius 3 is 1.72 bits per heavy atom. The lowest BCUT2D eigenvalue weighted by atomic mass is 10.2. The van der Waals surface area contributed by atoms with Gasteiger partial charge in [0.05, 0.1) is 7.11 Å². The first-order chi connectivity index (χ1) is 11.8. The van der Waals surface area contributed by atoms with Gasteiger partial charge in [-0.2, -0.15) is 0 Å². The van der Waals surface area contributed by atoms with Crippen molar-refractivity contribution in [3.63, 3.8) is 0 Å². The average molecular weight is 346 g/mol. The van der Waals surface area contributed by atoms with Crippen molar-refractivity contribution in [3.8, 4) is 23.0 Å². The van der Waals surface area contributed by atoms with Crippen LogP contribution in [-0.4, -0.2) is 24.2 Å². The number of carbonyl (C=O) groups excluding carboxylic acids is 2. The highest BCUT2D eigenvalue weighted by Gasteiger charge is 2.06. The van der Waals surface area contributed by atoms with Crippen LogP contribution in [0.3, 0.4) is 0 Å². The Morgan fingerprint density at radius 2 is 1.24 bits per heavy atom. The summed E-state index contributed by atoms with van der Waals surface area (Å²) in [5.74, 6) is 1.10. The molecule has 6 heteroatoms. The van der Waals surface area contributed by atoms with Crippen LogP contribution < -0.4 is 14.2 Å². The van der Waals surface area contributed by atoms with Gasteiger partial charge in [0, 0.05) is 25.0 Å². The molecule has 0 fully saturated rings. The van der Waals surface area contributed by atoms with Gasteiger partial charge in [-0.25, -0.2) is 0 Å². The second kappa shape index (κ2) is 9.32. The fourth-order valence-electron chi connectivity index (χ4n) is 1.95. The summed E-state index contributed by atoms with van der Waals surface area (Å²) in [5.41, 5.74) is 1.41. The number of aromatic hydroxyl groups is 1. The van der Waals surface area contributed by atoms with E-state index < -0.39 is 0 Å². The van der Waals surface area contributed by atoms with Crippen LogP contribution in [-0.2, 0) is 9.59 Å². The third-order valence-corrected chi connectivity index (χ3v) is 3.22. The van der Waals surface area contributed by atoms with E-state index in [9.17, 15) is 14.7 Å². The van der Waals surface area contributed by atoms with E-state index >= 15 is 0 Å². The van der Waals surface area contributed by atoms with Crippen molar-refractivity contribution >= 4 is 11.9 Å². The van der Waals surface area contributed by atoms with Crippen LogP contribution in [0.25, 0.3) is 0 Å². The van der Waals surface area contributed by atoms with Gasteiger partial charge < -0.3 is 19.3 Å². The molecular formula is C19H22O6. The van der Waals surface area contributed by atoms with Crippen molar-refractivity contribution in [1.29, 1.82) is 0 Å². The Hall–Kier alpha value is -3.02. The minimum atomic E-state index is -0.385. The standard InChI is InChI=1S/C10H12O3.C9H10O3/c1-7-9(12-3)5-4-6-10(7)13-8(2)11;1-6-8(11)4-3-5-9(6)12-7(2)10/h4-6H,1-3H3;3-5,11H,1-2H3. The van der Waals surface area contributed by atoms with E-state index in [0.29, 0.717) is 17.1 Å². The lowest BCUT2D eigenvalue weighted by Crippen LogP contribution is -2.03. The van der Waals surface area contributed by atoms with Crippen LogP contribution in [0.2, 0.25) is 0 Å². The molecule has 2 rings (SSSR count). The van der Waals surface area contributed by atoms with E-state index in [0.717, 1.165) is 11.3 Å². The molecule has 2 aromatic rings. The summed E-state index contributed by atoms with van der Waals surface area (Å²) in [6.45, 7) is 6.23. The number of benzene rings is 2. The molecule has 0 saturated carbocycles. The summed E-state index contributed by atoms with van der Waals surface area (Å²) in [6, 6.07) is 10.1. The average Bonchev–Trinajstić information content (AvgIpc) is 2.54. The number of phenols is 1. The molecule has 0 heterocycles. The fraction of sp³-hybridized carbons (Fsp3) is 0.263. The summed E-state index contributed by atoms with van der Waals surface area (Å²) in [6.07, 6.45) is 0. The highest BCUT2D eigenvalue weighted by molar-refractivity contribution is 5.70. The highest BCUT2D eigenvalue weighted by Crippen LogP contribution is 2.27. The van der Waals surface area contributed by atoms with E-state index in [-0.39, 0.29) is 17.7 Å². The fourth-order valence-corrected chi connectivity index (χ4v) is 1.95. The summed E-state index contributed by atoms with van der Waals surface area (Å²) < 4.78 is 14.9. The molecule has 0 atom stereocenters. The molecule has 0 bridgehead atoms. The van der Waals surface area contributed by atoms with E-state index in [4.69, 9.17) is 14.2 Å². The normalized spacial score (nSPS) is 9.48. The maximum atomic E-state index is 10.7. The highest BCUT2D eigenvalue weighted by atomic mass is 16.5. The number of phenolic OH excluding ortho intramolecular Hbond substituents is 1. The van der Waals surface area contributed by atoms with Crippen LogP contribution in [0.4, 0.5) is 0 Å². The lowest BCUT2D eigenvalue weighted by Gasteiger charge is -2.08. The molecule has 0 aliphatic carbocycles. The van der Waals surface area contributed by atoms with Gasteiger partial charge in [-0.05, 0) is 38.1 Å². The molecule has 2 aromatic carbocycles. The maximum absolute atomic E-state index is 10.7. The third kappa shape index (κ3) is 6.18. The summed E-state index contributed by atoms with van der Waals surface area (Å²) in [4.78, 5) is 21.3. The van der Waals surface area contributed by atoms with Gasteiger partial charge in [-0.3, -0.25) is 9.59 Å². The summed E-state index contributed by atoms with van der Waals surface area (Å²) in [5, 5.41) is 9.22. The molecular weight excluding hydrogens is 324 g/mol. The number of rotatable bonds is 3. The zero-order valence-electron chi connectivity index (χ0n) is 15.0. The van der Waals surface area contributed by atoms with Gasteiger partial charge in [0.2, 0.25) is 0 Å². The third-order valence-electron chi connectivity index (χ3n) is 3.22. The van der Waals surface area contributed by atoms with Gasteiger partial charge in [0.1, 0.15) is 23.0 Å². The Balaban J connectivity index is 0.000000251. The van der Waals surface area contributed by atoms with E-state index in [1.165, 1.54) is 13.8 Å². The van der Waals surface area contributed by atoms with Gasteiger partial charge in [-0.15, -0.1) is 0 Å². The SMILES string of the molecule is CC(=O)Oc1cccc(O)c1C.COc1cccc(OC(C)=O)c1C. The predicted molar refractivity (Wildman–Crippen MR) is 93.2 cm³/mol. The molecule has 0 aliphatic rings.